The molecule has 0 aliphatic heterocycles. The number of aromatic nitrogens is 4. The fourth-order valence-electron chi connectivity index (χ4n) is 1.41. The van der Waals surface area contributed by atoms with Crippen LogP contribution in [0, 0.1) is 0 Å². The Morgan fingerprint density at radius 3 is 2.61 bits per heavy atom. The minimum absolute atomic E-state index is 0.156. The largest absolute Gasteiger partial charge is 0.513 e. The highest BCUT2D eigenvalue weighted by Crippen LogP contribution is 2.17. The van der Waals surface area contributed by atoms with Gasteiger partial charge in [-0.2, -0.15) is 4.80 Å². The fourth-order valence-corrected chi connectivity index (χ4v) is 1.41. The van der Waals surface area contributed by atoms with Crippen LogP contribution in [0.25, 0.3) is 0 Å². The first-order chi connectivity index (χ1) is 8.47. The van der Waals surface area contributed by atoms with Crippen LogP contribution < -0.4 is 10.2 Å². The molecule has 96 valence electrons. The quantitative estimate of drug-likeness (QED) is 0.761. The first kappa shape index (κ1) is 12.4. The summed E-state index contributed by atoms with van der Waals surface area (Å²) >= 11 is 0. The second-order valence-electron chi connectivity index (χ2n) is 3.60. The smallest absolute Gasteiger partial charge is 0.488 e. The van der Waals surface area contributed by atoms with Gasteiger partial charge in [0.1, 0.15) is 0 Å². The van der Waals surface area contributed by atoms with Gasteiger partial charge < -0.3 is 17.7 Å². The molecular weight excluding hydrogens is 248 g/mol. The second-order valence-corrected chi connectivity index (χ2v) is 3.60. The Kier molecular flexibility index (Phi) is 3.22. The zero-order valence-corrected chi connectivity index (χ0v) is 9.42. The molecule has 2 aromatic rings. The third-order valence-electron chi connectivity index (χ3n) is 2.18. The molecule has 2 rings (SSSR count). The molecule has 5 nitrogen and oxygen atoms in total. The number of tetrazole rings is 1. The van der Waals surface area contributed by atoms with E-state index in [1.54, 1.807) is 7.05 Å². The van der Waals surface area contributed by atoms with Crippen molar-refractivity contribution in [2.45, 2.75) is 6.61 Å². The van der Waals surface area contributed by atoms with Crippen LogP contribution >= 0.6 is 0 Å². The van der Waals surface area contributed by atoms with Crippen LogP contribution in [0.2, 0.25) is 0 Å². The van der Waals surface area contributed by atoms with Gasteiger partial charge in [-0.1, -0.05) is 23.7 Å². The maximum atomic E-state index is 12.7. The molecule has 0 aliphatic rings. The summed E-state index contributed by atoms with van der Waals surface area (Å²) in [5, 5.41) is 11.0. The normalized spacial score (nSPS) is 11.6. The van der Waals surface area contributed by atoms with E-state index in [1.165, 1.54) is 23.0 Å². The maximum Gasteiger partial charge on any atom is 0.513 e. The van der Waals surface area contributed by atoms with Gasteiger partial charge in [-0.05, 0) is 11.3 Å². The molecule has 0 unspecified atom stereocenters. The Morgan fingerprint density at radius 1 is 1.28 bits per heavy atom. The van der Waals surface area contributed by atoms with Crippen LogP contribution in [0.15, 0.2) is 24.3 Å². The SMILES string of the molecule is Cn1nnc(COc2ccccc2[B-](F)(F)F)n1. The van der Waals surface area contributed by atoms with Crippen LogP contribution in [0.3, 0.4) is 0 Å². The van der Waals surface area contributed by atoms with E-state index in [2.05, 4.69) is 15.4 Å². The Labute approximate surface area is 101 Å². The van der Waals surface area contributed by atoms with Gasteiger partial charge in [0, 0.05) is 0 Å². The van der Waals surface area contributed by atoms with Gasteiger partial charge in [0.25, 0.3) is 0 Å². The van der Waals surface area contributed by atoms with Crippen molar-refractivity contribution in [1.82, 2.24) is 20.2 Å². The molecular formula is C9H9BF3N4O-. The molecule has 18 heavy (non-hydrogen) atoms. The fraction of sp³-hybridized carbons (Fsp3) is 0.222. The summed E-state index contributed by atoms with van der Waals surface area (Å²) in [6.07, 6.45) is 0. The van der Waals surface area contributed by atoms with Gasteiger partial charge in [-0.3, -0.25) is 0 Å². The van der Waals surface area contributed by atoms with Crippen LogP contribution in [-0.4, -0.2) is 27.2 Å². The molecule has 0 atom stereocenters. The maximum absolute atomic E-state index is 12.7. The number of hydrogen-bond acceptors (Lipinski definition) is 4. The van der Waals surface area contributed by atoms with Gasteiger partial charge in [0.2, 0.25) is 5.82 Å². The van der Waals surface area contributed by atoms with Crippen LogP contribution in [-0.2, 0) is 13.7 Å². The Hall–Kier alpha value is -2.06. The lowest BCUT2D eigenvalue weighted by Crippen LogP contribution is -2.35. The summed E-state index contributed by atoms with van der Waals surface area (Å²) in [6, 6.07) is 5.04. The van der Waals surface area contributed by atoms with Crippen LogP contribution in [0.1, 0.15) is 5.82 Å². The average molecular weight is 257 g/mol. The zero-order valence-electron chi connectivity index (χ0n) is 9.42. The van der Waals surface area contributed by atoms with Crippen molar-refractivity contribution in [3.05, 3.63) is 30.1 Å². The van der Waals surface area contributed by atoms with E-state index in [0.29, 0.717) is 0 Å². The predicted molar refractivity (Wildman–Crippen MR) is 58.3 cm³/mol. The Morgan fingerprint density at radius 2 is 2.00 bits per heavy atom. The number of halogens is 3. The van der Waals surface area contributed by atoms with Crippen molar-refractivity contribution in [2.75, 3.05) is 0 Å². The van der Waals surface area contributed by atoms with Crippen LogP contribution in [0.4, 0.5) is 12.9 Å². The molecule has 1 aromatic heterocycles. The highest BCUT2D eigenvalue weighted by atomic mass is 19.4. The predicted octanol–water partition coefficient (Wildman–Crippen LogP) is 0.843. The zero-order chi connectivity index (χ0) is 13.2. The van der Waals surface area contributed by atoms with Crippen molar-refractivity contribution in [1.29, 1.82) is 0 Å². The van der Waals surface area contributed by atoms with Gasteiger partial charge in [-0.15, -0.1) is 10.2 Å². The standard InChI is InChI=1S/C9H9BF3N4O/c1-17-15-9(14-16-17)6-18-8-5-3-2-4-7(8)10(11,12)13/h2-5H,6H2,1H3/q-1. The van der Waals surface area contributed by atoms with Crippen LogP contribution in [0.5, 0.6) is 5.75 Å². The lowest BCUT2D eigenvalue weighted by Gasteiger charge is -2.18. The highest BCUT2D eigenvalue weighted by molar-refractivity contribution is 6.74. The lowest BCUT2D eigenvalue weighted by molar-refractivity contribution is 0.296. The van der Waals surface area contributed by atoms with E-state index in [-0.39, 0.29) is 18.2 Å². The number of benzene rings is 1. The first-order valence-electron chi connectivity index (χ1n) is 5.11. The third-order valence-corrected chi connectivity index (χ3v) is 2.18. The molecule has 0 spiro atoms. The van der Waals surface area contributed by atoms with E-state index >= 15 is 0 Å². The van der Waals surface area contributed by atoms with E-state index in [1.807, 2.05) is 0 Å². The number of para-hydroxylation sites is 1. The van der Waals surface area contributed by atoms with Gasteiger partial charge in [0.05, 0.1) is 12.8 Å². The molecule has 0 bridgehead atoms. The highest BCUT2D eigenvalue weighted by Gasteiger charge is 2.28. The van der Waals surface area contributed by atoms with Crippen molar-refractivity contribution in [2.24, 2.45) is 7.05 Å². The van der Waals surface area contributed by atoms with Gasteiger partial charge >= 0.3 is 6.98 Å². The Balaban J connectivity index is 2.14. The number of rotatable bonds is 4. The summed E-state index contributed by atoms with van der Waals surface area (Å²) in [5.41, 5.74) is -0.763. The van der Waals surface area contributed by atoms with Crippen molar-refractivity contribution < 1.29 is 17.7 Å². The monoisotopic (exact) mass is 257 g/mol. The molecule has 0 saturated heterocycles. The van der Waals surface area contributed by atoms with Crippen molar-refractivity contribution >= 4 is 12.4 Å². The number of ether oxygens (including phenoxy) is 1. The average Bonchev–Trinajstić information content (AvgIpc) is 2.72. The molecule has 0 saturated carbocycles. The minimum Gasteiger partial charge on any atom is -0.488 e. The molecule has 0 N–H and O–H groups in total. The van der Waals surface area contributed by atoms with E-state index in [9.17, 15) is 12.9 Å². The molecule has 9 heteroatoms. The number of hydrogen-bond donors (Lipinski definition) is 0. The first-order valence-corrected chi connectivity index (χ1v) is 5.11. The molecule has 0 aliphatic carbocycles. The second kappa shape index (κ2) is 4.67. The van der Waals surface area contributed by atoms with Gasteiger partial charge in [-0.25, -0.2) is 0 Å². The van der Waals surface area contributed by atoms with Gasteiger partial charge in [0.15, 0.2) is 6.61 Å². The third kappa shape index (κ3) is 2.79. The number of aryl methyl sites for hydroxylation is 1. The molecule has 1 heterocycles. The summed E-state index contributed by atoms with van der Waals surface area (Å²) < 4.78 is 43.2. The van der Waals surface area contributed by atoms with E-state index in [0.717, 1.165) is 6.07 Å². The minimum atomic E-state index is -5.10. The molecule has 1 aromatic carbocycles. The summed E-state index contributed by atoms with van der Waals surface area (Å²) in [4.78, 5) is 1.21. The van der Waals surface area contributed by atoms with Crippen molar-refractivity contribution in [3.8, 4) is 5.75 Å². The summed E-state index contributed by atoms with van der Waals surface area (Å²) in [6.45, 7) is -5.26. The summed E-state index contributed by atoms with van der Waals surface area (Å²) in [5.74, 6) is -0.000527. The van der Waals surface area contributed by atoms with E-state index < -0.39 is 12.4 Å². The van der Waals surface area contributed by atoms with Crippen molar-refractivity contribution in [3.63, 3.8) is 0 Å². The number of nitrogens with zero attached hydrogens (tertiary/aromatic N) is 4. The lowest BCUT2D eigenvalue weighted by atomic mass is 9.79. The summed E-state index contributed by atoms with van der Waals surface area (Å²) in [7, 11) is 1.56. The topological polar surface area (TPSA) is 52.8 Å². The molecule has 0 radical (unpaired) electrons. The van der Waals surface area contributed by atoms with E-state index in [4.69, 9.17) is 4.74 Å². The molecule has 0 amide bonds. The molecule has 0 fully saturated rings. The Bertz CT molecular complexity index is 543.